The van der Waals surface area contributed by atoms with Crippen LogP contribution in [0.1, 0.15) is 36.8 Å². The van der Waals surface area contributed by atoms with E-state index >= 15 is 0 Å². The summed E-state index contributed by atoms with van der Waals surface area (Å²) in [6, 6.07) is 8.30. The lowest BCUT2D eigenvalue weighted by molar-refractivity contribution is 0.414. The van der Waals surface area contributed by atoms with E-state index in [0.29, 0.717) is 5.92 Å². The van der Waals surface area contributed by atoms with E-state index in [1.165, 1.54) is 11.1 Å². The van der Waals surface area contributed by atoms with Gasteiger partial charge in [0.15, 0.2) is 5.96 Å². The predicted molar refractivity (Wildman–Crippen MR) is 125 cm³/mol. The number of aliphatic imine (C=N–C) groups is 1. The first-order valence-electron chi connectivity index (χ1n) is 9.84. The maximum atomic E-state index is 5.21. The zero-order valence-electron chi connectivity index (χ0n) is 17.1. The molecule has 1 aromatic carbocycles. The number of aromatic nitrogens is 2. The molecule has 0 saturated carbocycles. The van der Waals surface area contributed by atoms with Crippen molar-refractivity contribution in [2.75, 3.05) is 33.3 Å². The summed E-state index contributed by atoms with van der Waals surface area (Å²) >= 11 is 0. The quantitative estimate of drug-likeness (QED) is 0.276. The summed E-state index contributed by atoms with van der Waals surface area (Å²) in [6.07, 6.45) is 7.36. The Labute approximate surface area is 185 Å². The average Bonchev–Trinajstić information content (AvgIpc) is 3.34. The fourth-order valence-corrected chi connectivity index (χ4v) is 3.56. The zero-order chi connectivity index (χ0) is 19.1. The maximum Gasteiger partial charge on any atom is 0.193 e. The topological polar surface area (TPSA) is 54.7 Å². The van der Waals surface area contributed by atoms with E-state index in [0.717, 1.165) is 57.2 Å². The van der Waals surface area contributed by atoms with Crippen molar-refractivity contribution in [3.8, 4) is 5.75 Å². The number of rotatable bonds is 7. The van der Waals surface area contributed by atoms with Gasteiger partial charge in [-0.3, -0.25) is 9.67 Å². The average molecular weight is 497 g/mol. The Morgan fingerprint density at radius 3 is 2.75 bits per heavy atom. The van der Waals surface area contributed by atoms with Crippen LogP contribution < -0.4 is 10.1 Å². The van der Waals surface area contributed by atoms with Crippen molar-refractivity contribution in [1.82, 2.24) is 20.0 Å². The van der Waals surface area contributed by atoms with Crippen LogP contribution in [0.15, 0.2) is 41.7 Å². The number of aryl methyl sites for hydroxylation is 2. The van der Waals surface area contributed by atoms with E-state index in [9.17, 15) is 0 Å². The van der Waals surface area contributed by atoms with Crippen molar-refractivity contribution in [2.24, 2.45) is 12.0 Å². The summed E-state index contributed by atoms with van der Waals surface area (Å²) < 4.78 is 7.10. The molecule has 1 N–H and O–H groups in total. The summed E-state index contributed by atoms with van der Waals surface area (Å²) in [6.45, 7) is 5.91. The van der Waals surface area contributed by atoms with E-state index in [2.05, 4.69) is 40.6 Å². The molecule has 154 valence electrons. The number of hydrogen-bond donors (Lipinski definition) is 1. The summed E-state index contributed by atoms with van der Waals surface area (Å²) in [5, 5.41) is 7.77. The molecule has 0 spiro atoms. The van der Waals surface area contributed by atoms with Gasteiger partial charge in [-0.15, -0.1) is 24.0 Å². The summed E-state index contributed by atoms with van der Waals surface area (Å²) in [4.78, 5) is 7.25. The fourth-order valence-electron chi connectivity index (χ4n) is 3.56. The maximum absolute atomic E-state index is 5.21. The van der Waals surface area contributed by atoms with Crippen molar-refractivity contribution in [3.05, 3.63) is 47.8 Å². The van der Waals surface area contributed by atoms with E-state index in [-0.39, 0.29) is 24.0 Å². The first-order valence-corrected chi connectivity index (χ1v) is 9.84. The van der Waals surface area contributed by atoms with Gasteiger partial charge in [0.1, 0.15) is 5.75 Å². The van der Waals surface area contributed by atoms with Crippen LogP contribution in [0.25, 0.3) is 0 Å². The number of benzene rings is 1. The molecule has 0 aliphatic carbocycles. The number of nitrogens with one attached hydrogen (secondary N) is 1. The van der Waals surface area contributed by atoms with Gasteiger partial charge in [0, 0.05) is 45.3 Å². The van der Waals surface area contributed by atoms with Gasteiger partial charge in [0.25, 0.3) is 0 Å². The van der Waals surface area contributed by atoms with Crippen molar-refractivity contribution in [3.63, 3.8) is 0 Å². The van der Waals surface area contributed by atoms with Gasteiger partial charge in [0.05, 0.1) is 13.3 Å². The van der Waals surface area contributed by atoms with E-state index in [4.69, 9.17) is 9.73 Å². The second-order valence-electron chi connectivity index (χ2n) is 7.07. The highest BCUT2D eigenvalue weighted by atomic mass is 127. The molecule has 2 heterocycles. The summed E-state index contributed by atoms with van der Waals surface area (Å²) in [7, 11) is 3.67. The SMILES string of the molecule is CCNC(=NCCCc1ccc(OC)cc1)N1CCC(c2cnn(C)c2)C1.I. The number of nitrogens with zero attached hydrogens (tertiary/aromatic N) is 4. The minimum Gasteiger partial charge on any atom is -0.497 e. The molecule has 0 bridgehead atoms. The third kappa shape index (κ3) is 6.12. The Hall–Kier alpha value is -1.77. The largest absolute Gasteiger partial charge is 0.497 e. The van der Waals surface area contributed by atoms with Crippen LogP contribution in [-0.4, -0.2) is 53.9 Å². The van der Waals surface area contributed by atoms with Crippen molar-refractivity contribution < 1.29 is 4.74 Å². The van der Waals surface area contributed by atoms with Crippen molar-refractivity contribution in [1.29, 1.82) is 0 Å². The van der Waals surface area contributed by atoms with Crippen molar-refractivity contribution in [2.45, 2.75) is 32.1 Å². The number of methoxy groups -OCH3 is 1. The number of likely N-dealkylation sites (tertiary alicyclic amines) is 1. The first kappa shape index (κ1) is 22.5. The fraction of sp³-hybridized carbons (Fsp3) is 0.524. The highest BCUT2D eigenvalue weighted by Crippen LogP contribution is 2.26. The van der Waals surface area contributed by atoms with Crippen LogP contribution in [0, 0.1) is 0 Å². The van der Waals surface area contributed by atoms with Gasteiger partial charge in [-0.25, -0.2) is 0 Å². The molecule has 1 atom stereocenters. The van der Waals surface area contributed by atoms with Crippen molar-refractivity contribution >= 4 is 29.9 Å². The summed E-state index contributed by atoms with van der Waals surface area (Å²) in [5.74, 6) is 2.49. The molecule has 7 heteroatoms. The first-order chi connectivity index (χ1) is 13.2. The molecular formula is C21H32IN5O. The van der Waals surface area contributed by atoms with Gasteiger partial charge < -0.3 is 15.0 Å². The molecule has 1 aliphatic heterocycles. The van der Waals surface area contributed by atoms with Gasteiger partial charge in [-0.2, -0.15) is 5.10 Å². The predicted octanol–water partition coefficient (Wildman–Crippen LogP) is 3.43. The number of ether oxygens (including phenoxy) is 1. The number of halogens is 1. The minimum atomic E-state index is 0. The van der Waals surface area contributed by atoms with Crippen LogP contribution in [-0.2, 0) is 13.5 Å². The Morgan fingerprint density at radius 2 is 2.11 bits per heavy atom. The standard InChI is InChI=1S/C21H31N5O.HI/c1-4-22-21(23-12-5-6-17-7-9-20(27-3)10-8-17)26-13-11-18(16-26)19-14-24-25(2)15-19;/h7-10,14-15,18H,4-6,11-13,16H2,1-3H3,(H,22,23);1H. The molecule has 1 aromatic heterocycles. The lowest BCUT2D eigenvalue weighted by Gasteiger charge is -2.21. The van der Waals surface area contributed by atoms with E-state index in [1.54, 1.807) is 7.11 Å². The highest BCUT2D eigenvalue weighted by molar-refractivity contribution is 14.0. The van der Waals surface area contributed by atoms with E-state index in [1.807, 2.05) is 30.1 Å². The van der Waals surface area contributed by atoms with Gasteiger partial charge >= 0.3 is 0 Å². The van der Waals surface area contributed by atoms with Crippen LogP contribution in [0.2, 0.25) is 0 Å². The lowest BCUT2D eigenvalue weighted by atomic mass is 10.0. The lowest BCUT2D eigenvalue weighted by Crippen LogP contribution is -2.40. The second-order valence-corrected chi connectivity index (χ2v) is 7.07. The van der Waals surface area contributed by atoms with E-state index < -0.39 is 0 Å². The van der Waals surface area contributed by atoms with Crippen LogP contribution >= 0.6 is 24.0 Å². The van der Waals surface area contributed by atoms with Crippen LogP contribution in [0.4, 0.5) is 0 Å². The normalized spacial score (nSPS) is 16.8. The second kappa shape index (κ2) is 11.3. The minimum absolute atomic E-state index is 0. The third-order valence-corrected chi connectivity index (χ3v) is 5.06. The third-order valence-electron chi connectivity index (χ3n) is 5.06. The summed E-state index contributed by atoms with van der Waals surface area (Å²) in [5.41, 5.74) is 2.66. The molecule has 3 rings (SSSR count). The van der Waals surface area contributed by atoms with Crippen LogP contribution in [0.5, 0.6) is 5.75 Å². The molecule has 28 heavy (non-hydrogen) atoms. The molecule has 0 amide bonds. The Kier molecular flexibility index (Phi) is 9.08. The molecule has 1 aliphatic rings. The number of hydrogen-bond acceptors (Lipinski definition) is 3. The monoisotopic (exact) mass is 497 g/mol. The molecule has 1 fully saturated rings. The molecule has 1 unspecified atom stereocenters. The molecule has 1 saturated heterocycles. The van der Waals surface area contributed by atoms with Gasteiger partial charge in [-0.05, 0) is 49.4 Å². The van der Waals surface area contributed by atoms with Gasteiger partial charge in [0.2, 0.25) is 0 Å². The molecule has 2 aromatic rings. The Morgan fingerprint density at radius 1 is 1.32 bits per heavy atom. The zero-order valence-corrected chi connectivity index (χ0v) is 19.4. The molecular weight excluding hydrogens is 465 g/mol. The number of guanidine groups is 1. The van der Waals surface area contributed by atoms with Crippen LogP contribution in [0.3, 0.4) is 0 Å². The smallest absolute Gasteiger partial charge is 0.193 e. The highest BCUT2D eigenvalue weighted by Gasteiger charge is 2.26. The molecule has 6 nitrogen and oxygen atoms in total. The Bertz CT molecular complexity index is 744. The van der Waals surface area contributed by atoms with Gasteiger partial charge in [-0.1, -0.05) is 12.1 Å². The Balaban J connectivity index is 0.00000280. The molecule has 0 radical (unpaired) electrons.